The van der Waals surface area contributed by atoms with Gasteiger partial charge in [0.1, 0.15) is 0 Å². The summed E-state index contributed by atoms with van der Waals surface area (Å²) in [6.45, 7) is 13.9. The van der Waals surface area contributed by atoms with Crippen LogP contribution in [0.2, 0.25) is 13.3 Å². The molecule has 0 aliphatic carbocycles. The maximum atomic E-state index is 12.8. The van der Waals surface area contributed by atoms with Crippen molar-refractivity contribution in [3.63, 3.8) is 0 Å². The fourth-order valence-electron chi connectivity index (χ4n) is 1.75. The number of alkyl halides is 3. The molecule has 0 aromatic heterocycles. The Labute approximate surface area is 99.1 Å². The molecule has 4 heteroatoms. The molecule has 0 N–H and O–H groups in total. The molecule has 0 heterocycles. The summed E-state index contributed by atoms with van der Waals surface area (Å²) < 4.78 is 39.0. The van der Waals surface area contributed by atoms with Crippen LogP contribution >= 0.6 is 0 Å². The molecule has 0 saturated carbocycles. The van der Waals surface area contributed by atoms with E-state index in [1.807, 2.05) is 0 Å². The molecule has 0 spiro atoms. The number of halogens is 3. The number of rotatable bonds is 7. The first-order valence-electron chi connectivity index (χ1n) is 4.93. The maximum absolute atomic E-state index is 12.8. The molecule has 0 aromatic rings. The van der Waals surface area contributed by atoms with E-state index in [0.717, 1.165) is 0 Å². The van der Waals surface area contributed by atoms with Gasteiger partial charge in [-0.2, -0.15) is 0 Å². The fraction of sp³-hybridized carbons (Fsp3) is 0.333. The van der Waals surface area contributed by atoms with Crippen LogP contribution in [0.15, 0.2) is 48.1 Å². The third-order valence-corrected chi connectivity index (χ3v) is 16.2. The second-order valence-electron chi connectivity index (χ2n) is 3.74. The summed E-state index contributed by atoms with van der Waals surface area (Å²) in [5.74, 6) is 0. The third kappa shape index (κ3) is 3.85. The van der Waals surface area contributed by atoms with Crippen molar-refractivity contribution < 1.29 is 13.2 Å². The second kappa shape index (κ2) is 6.32. The van der Waals surface area contributed by atoms with Crippen LogP contribution in [-0.2, 0) is 0 Å². The van der Waals surface area contributed by atoms with Crippen molar-refractivity contribution in [2.45, 2.75) is 19.5 Å². The molecule has 16 heavy (non-hydrogen) atoms. The molecule has 0 radical (unpaired) electrons. The van der Waals surface area contributed by atoms with E-state index in [9.17, 15) is 13.2 Å². The van der Waals surface area contributed by atoms with E-state index in [1.165, 1.54) is 0 Å². The van der Waals surface area contributed by atoms with Gasteiger partial charge in [0.05, 0.1) is 0 Å². The fourth-order valence-corrected chi connectivity index (χ4v) is 11.7. The van der Waals surface area contributed by atoms with Gasteiger partial charge in [-0.1, -0.05) is 0 Å². The molecule has 0 aliphatic rings. The Bertz CT molecular complexity index is 263. The Kier molecular flexibility index (Phi) is 6.15. The Morgan fingerprint density at radius 2 is 1.25 bits per heavy atom. The molecular formula is C12H17F3Sn. The number of allylic oxidation sites excluding steroid dienone is 4. The normalized spacial score (nSPS) is 11.9. The van der Waals surface area contributed by atoms with Crippen molar-refractivity contribution in [3.05, 3.63) is 48.1 Å². The van der Waals surface area contributed by atoms with Crippen molar-refractivity contribution in [2.24, 2.45) is 0 Å². The second-order valence-corrected chi connectivity index (χ2v) is 16.3. The van der Waals surface area contributed by atoms with E-state index in [2.05, 4.69) is 26.3 Å². The summed E-state index contributed by atoms with van der Waals surface area (Å²) in [5, 5.41) is 0. The van der Waals surface area contributed by atoms with Gasteiger partial charge in [-0.15, -0.1) is 0 Å². The summed E-state index contributed by atoms with van der Waals surface area (Å²) in [7, 11) is 0. The molecule has 0 saturated heterocycles. The Hall–Kier alpha value is -0.451. The molecular weight excluding hydrogens is 320 g/mol. The van der Waals surface area contributed by atoms with E-state index in [4.69, 9.17) is 0 Å². The van der Waals surface area contributed by atoms with Crippen LogP contribution in [0, 0.1) is 0 Å². The molecule has 0 bridgehead atoms. The molecule has 0 nitrogen and oxygen atoms in total. The molecule has 0 aromatic carbocycles. The zero-order chi connectivity index (χ0) is 12.8. The SMILES string of the molecule is C=C[CH2][Sn]([CH2]C=C)([CH2]C=C)[C](=C)C(F)(F)F. The van der Waals surface area contributed by atoms with E-state index in [1.54, 1.807) is 18.2 Å². The minimum atomic E-state index is -4.30. The molecule has 90 valence electrons. The molecule has 0 aliphatic heterocycles. The van der Waals surface area contributed by atoms with Gasteiger partial charge in [0, 0.05) is 0 Å². The summed E-state index contributed by atoms with van der Waals surface area (Å²) >= 11 is -3.54. The van der Waals surface area contributed by atoms with Gasteiger partial charge in [-0.25, -0.2) is 0 Å². The zero-order valence-corrected chi connectivity index (χ0v) is 12.2. The number of hydrogen-bond acceptors (Lipinski definition) is 0. The average Bonchev–Trinajstić information content (AvgIpc) is 2.16. The quantitative estimate of drug-likeness (QED) is 0.469. The van der Waals surface area contributed by atoms with Crippen molar-refractivity contribution >= 4 is 18.4 Å². The van der Waals surface area contributed by atoms with Crippen LogP contribution in [0.3, 0.4) is 0 Å². The first-order chi connectivity index (χ1) is 7.34. The van der Waals surface area contributed by atoms with Crippen LogP contribution in [-0.4, -0.2) is 24.6 Å². The Balaban J connectivity index is 5.29. The van der Waals surface area contributed by atoms with Crippen molar-refractivity contribution in [2.75, 3.05) is 0 Å². The molecule has 0 amide bonds. The van der Waals surface area contributed by atoms with Crippen LogP contribution in [0.25, 0.3) is 0 Å². The van der Waals surface area contributed by atoms with Crippen molar-refractivity contribution in [1.29, 1.82) is 0 Å². The van der Waals surface area contributed by atoms with Gasteiger partial charge in [-0.05, 0) is 0 Å². The van der Waals surface area contributed by atoms with Crippen molar-refractivity contribution in [3.8, 4) is 0 Å². The predicted molar refractivity (Wildman–Crippen MR) is 66.0 cm³/mol. The predicted octanol–water partition coefficient (Wildman–Crippen LogP) is 4.65. The van der Waals surface area contributed by atoms with Gasteiger partial charge in [0.2, 0.25) is 0 Å². The molecule has 0 rings (SSSR count). The molecule has 0 unspecified atom stereocenters. The monoisotopic (exact) mass is 338 g/mol. The zero-order valence-electron chi connectivity index (χ0n) is 9.32. The first kappa shape index (κ1) is 15.5. The van der Waals surface area contributed by atoms with E-state index >= 15 is 0 Å². The Morgan fingerprint density at radius 3 is 1.44 bits per heavy atom. The topological polar surface area (TPSA) is 0 Å². The summed E-state index contributed by atoms with van der Waals surface area (Å²) in [6.07, 6.45) is 0.408. The van der Waals surface area contributed by atoms with Crippen LogP contribution < -0.4 is 0 Å². The van der Waals surface area contributed by atoms with Gasteiger partial charge < -0.3 is 0 Å². The summed E-state index contributed by atoms with van der Waals surface area (Å²) in [5.41, 5.74) is 0. The third-order valence-electron chi connectivity index (χ3n) is 2.59. The van der Waals surface area contributed by atoms with Gasteiger partial charge in [0.25, 0.3) is 0 Å². The Morgan fingerprint density at radius 1 is 0.938 bits per heavy atom. The molecule has 0 fully saturated rings. The van der Waals surface area contributed by atoms with E-state index in [-0.39, 0.29) is 0 Å². The van der Waals surface area contributed by atoms with E-state index < -0.39 is 28.1 Å². The van der Waals surface area contributed by atoms with Gasteiger partial charge in [0.15, 0.2) is 0 Å². The standard InChI is InChI=1S/C3H2F3.3C3H5.Sn/c1-2-3(4,5)6;3*1-3-2;/h1H2;3*3H,1-2H2;. The average molecular weight is 337 g/mol. The van der Waals surface area contributed by atoms with Crippen LogP contribution in [0.4, 0.5) is 13.2 Å². The first-order valence-corrected chi connectivity index (χ1v) is 12.4. The number of hydrogen-bond donors (Lipinski definition) is 0. The van der Waals surface area contributed by atoms with Gasteiger partial charge >= 0.3 is 99.2 Å². The van der Waals surface area contributed by atoms with Crippen LogP contribution in [0.1, 0.15) is 0 Å². The summed E-state index contributed by atoms with van der Waals surface area (Å²) in [4.78, 5) is 0. The van der Waals surface area contributed by atoms with Gasteiger partial charge in [-0.3, -0.25) is 0 Å². The summed E-state index contributed by atoms with van der Waals surface area (Å²) in [6, 6.07) is 0. The van der Waals surface area contributed by atoms with E-state index in [0.29, 0.717) is 13.3 Å². The van der Waals surface area contributed by atoms with Crippen LogP contribution in [0.5, 0.6) is 0 Å². The van der Waals surface area contributed by atoms with Crippen molar-refractivity contribution in [1.82, 2.24) is 0 Å². The minimum absolute atomic E-state index is 0.422. The molecule has 0 atom stereocenters.